The van der Waals surface area contributed by atoms with Gasteiger partial charge in [-0.2, -0.15) is 0 Å². The molecule has 3 rings (SSSR count). The van der Waals surface area contributed by atoms with Gasteiger partial charge >= 0.3 is 0 Å². The van der Waals surface area contributed by atoms with Crippen molar-refractivity contribution in [1.29, 1.82) is 0 Å². The number of methoxy groups -OCH3 is 3. The maximum Gasteiger partial charge on any atom is 0.193 e. The lowest BCUT2D eigenvalue weighted by molar-refractivity contribution is 0.00103. The summed E-state index contributed by atoms with van der Waals surface area (Å²) in [6.07, 6.45) is 8.73. The zero-order chi connectivity index (χ0) is 22.1. The Hall–Kier alpha value is -2.15. The molecule has 1 saturated heterocycles. The van der Waals surface area contributed by atoms with Crippen LogP contribution in [-0.2, 0) is 11.2 Å². The Morgan fingerprint density at radius 3 is 2.19 bits per heavy atom. The zero-order valence-electron chi connectivity index (χ0n) is 19.6. The first-order chi connectivity index (χ1) is 15.2. The molecule has 7 nitrogen and oxygen atoms in total. The van der Waals surface area contributed by atoms with Crippen molar-refractivity contribution in [2.45, 2.75) is 51.0 Å². The van der Waals surface area contributed by atoms with E-state index in [4.69, 9.17) is 18.9 Å². The lowest BCUT2D eigenvalue weighted by Crippen LogP contribution is -2.47. The summed E-state index contributed by atoms with van der Waals surface area (Å²) in [6, 6.07) is 3.78. The smallest absolute Gasteiger partial charge is 0.193 e. The van der Waals surface area contributed by atoms with Crippen molar-refractivity contribution in [3.8, 4) is 17.2 Å². The average molecular weight is 434 g/mol. The van der Waals surface area contributed by atoms with Crippen molar-refractivity contribution in [1.82, 2.24) is 10.2 Å². The van der Waals surface area contributed by atoms with Gasteiger partial charge in [-0.3, -0.25) is 4.99 Å². The van der Waals surface area contributed by atoms with Crippen LogP contribution in [0, 0.1) is 5.92 Å². The van der Waals surface area contributed by atoms with Crippen LogP contribution in [-0.4, -0.2) is 71.6 Å². The van der Waals surface area contributed by atoms with Gasteiger partial charge in [-0.15, -0.1) is 0 Å². The van der Waals surface area contributed by atoms with Crippen molar-refractivity contribution < 1.29 is 18.9 Å². The Kier molecular flexibility index (Phi) is 9.13. The number of benzene rings is 1. The van der Waals surface area contributed by atoms with E-state index in [0.29, 0.717) is 6.10 Å². The topological polar surface area (TPSA) is 64.6 Å². The number of aliphatic imine (C=N–C) groups is 1. The summed E-state index contributed by atoms with van der Waals surface area (Å²) >= 11 is 0. The highest BCUT2D eigenvalue weighted by Crippen LogP contribution is 2.34. The van der Waals surface area contributed by atoms with Crippen LogP contribution in [0.5, 0.6) is 17.2 Å². The highest BCUT2D eigenvalue weighted by Gasteiger charge is 2.24. The SMILES string of the molecule is CN=C(NCCc1c(OC)cc(OC)cc1OC)N1CCC(OCC2CCCC2)CC1. The van der Waals surface area contributed by atoms with Crippen LogP contribution < -0.4 is 19.5 Å². The van der Waals surface area contributed by atoms with Crippen molar-refractivity contribution in [3.63, 3.8) is 0 Å². The molecule has 1 N–H and O–H groups in total. The van der Waals surface area contributed by atoms with E-state index >= 15 is 0 Å². The Bertz CT molecular complexity index is 686. The fraction of sp³-hybridized carbons (Fsp3) is 0.708. The number of piperidine rings is 1. The summed E-state index contributed by atoms with van der Waals surface area (Å²) in [6.45, 7) is 3.64. The van der Waals surface area contributed by atoms with Gasteiger partial charge in [0.05, 0.1) is 27.4 Å². The van der Waals surface area contributed by atoms with Crippen molar-refractivity contribution >= 4 is 5.96 Å². The van der Waals surface area contributed by atoms with Crippen LogP contribution in [0.3, 0.4) is 0 Å². The normalized spacial score (nSPS) is 18.3. The van der Waals surface area contributed by atoms with Gasteiger partial charge in [-0.1, -0.05) is 12.8 Å². The average Bonchev–Trinajstić information content (AvgIpc) is 3.34. The molecular formula is C24H39N3O4. The van der Waals surface area contributed by atoms with Crippen LogP contribution in [0.1, 0.15) is 44.1 Å². The number of rotatable bonds is 9. The molecular weight excluding hydrogens is 394 g/mol. The highest BCUT2D eigenvalue weighted by atomic mass is 16.5. The van der Waals surface area contributed by atoms with Gasteiger partial charge in [-0.25, -0.2) is 0 Å². The fourth-order valence-electron chi connectivity index (χ4n) is 4.64. The third-order valence-corrected chi connectivity index (χ3v) is 6.47. The lowest BCUT2D eigenvalue weighted by Gasteiger charge is -2.34. The minimum atomic E-state index is 0.391. The summed E-state index contributed by atoms with van der Waals surface area (Å²) < 4.78 is 22.7. The molecule has 0 aromatic heterocycles. The quantitative estimate of drug-likeness (QED) is 0.475. The third kappa shape index (κ3) is 6.42. The second-order valence-electron chi connectivity index (χ2n) is 8.40. The molecule has 1 aromatic carbocycles. The summed E-state index contributed by atoms with van der Waals surface area (Å²) in [4.78, 5) is 6.83. The molecule has 7 heteroatoms. The molecule has 0 atom stereocenters. The predicted molar refractivity (Wildman–Crippen MR) is 124 cm³/mol. The highest BCUT2D eigenvalue weighted by molar-refractivity contribution is 5.80. The van der Waals surface area contributed by atoms with Gasteiger partial charge in [0.15, 0.2) is 5.96 Å². The number of ether oxygens (including phenoxy) is 4. The van der Waals surface area contributed by atoms with Crippen molar-refractivity contribution in [3.05, 3.63) is 17.7 Å². The first-order valence-corrected chi connectivity index (χ1v) is 11.5. The summed E-state index contributed by atoms with van der Waals surface area (Å²) in [5.74, 6) is 4.00. The van der Waals surface area contributed by atoms with Gasteiger partial charge in [0.25, 0.3) is 0 Å². The van der Waals surface area contributed by atoms with Crippen LogP contribution >= 0.6 is 0 Å². The lowest BCUT2D eigenvalue weighted by atomic mass is 10.1. The van der Waals surface area contributed by atoms with Gasteiger partial charge < -0.3 is 29.2 Å². The fourth-order valence-corrected chi connectivity index (χ4v) is 4.64. The zero-order valence-corrected chi connectivity index (χ0v) is 19.6. The van der Waals surface area contributed by atoms with E-state index in [2.05, 4.69) is 15.2 Å². The van der Waals surface area contributed by atoms with E-state index in [-0.39, 0.29) is 0 Å². The molecule has 2 fully saturated rings. The second kappa shape index (κ2) is 12.0. The maximum atomic E-state index is 6.21. The molecule has 0 bridgehead atoms. The first kappa shape index (κ1) is 23.5. The van der Waals surface area contributed by atoms with E-state index in [1.807, 2.05) is 19.2 Å². The molecule has 1 heterocycles. The van der Waals surface area contributed by atoms with E-state index in [1.165, 1.54) is 25.7 Å². The van der Waals surface area contributed by atoms with Crippen molar-refractivity contribution in [2.24, 2.45) is 10.9 Å². The Morgan fingerprint density at radius 2 is 1.65 bits per heavy atom. The number of nitrogens with one attached hydrogen (secondary N) is 1. The molecule has 174 valence electrons. The minimum Gasteiger partial charge on any atom is -0.496 e. The second-order valence-corrected chi connectivity index (χ2v) is 8.40. The Balaban J connectivity index is 1.47. The molecule has 1 saturated carbocycles. The molecule has 0 amide bonds. The largest absolute Gasteiger partial charge is 0.496 e. The first-order valence-electron chi connectivity index (χ1n) is 11.5. The molecule has 0 unspecified atom stereocenters. The van der Waals surface area contributed by atoms with E-state index < -0.39 is 0 Å². The number of guanidine groups is 1. The molecule has 1 aromatic rings. The third-order valence-electron chi connectivity index (χ3n) is 6.47. The summed E-state index contributed by atoms with van der Waals surface area (Å²) in [5, 5.41) is 3.50. The standard InChI is InChI=1S/C24H39N3O4/c1-25-24(27-13-10-19(11-14-27)31-17-18-7-5-6-8-18)26-12-9-21-22(29-3)15-20(28-2)16-23(21)30-4/h15-16,18-19H,5-14,17H2,1-4H3,(H,25,26). The van der Waals surface area contributed by atoms with Crippen LogP contribution in [0.2, 0.25) is 0 Å². The van der Waals surface area contributed by atoms with Gasteiger partial charge in [0.1, 0.15) is 17.2 Å². The van der Waals surface area contributed by atoms with Gasteiger partial charge in [0.2, 0.25) is 0 Å². The van der Waals surface area contributed by atoms with Crippen LogP contribution in [0.4, 0.5) is 0 Å². The van der Waals surface area contributed by atoms with Crippen LogP contribution in [0.25, 0.3) is 0 Å². The number of hydrogen-bond acceptors (Lipinski definition) is 5. The molecule has 0 spiro atoms. The van der Waals surface area contributed by atoms with E-state index in [9.17, 15) is 0 Å². The summed E-state index contributed by atoms with van der Waals surface area (Å²) in [5.41, 5.74) is 1.02. The Labute approximate surface area is 187 Å². The van der Waals surface area contributed by atoms with E-state index in [0.717, 1.165) is 80.2 Å². The monoisotopic (exact) mass is 433 g/mol. The van der Waals surface area contributed by atoms with Crippen molar-refractivity contribution in [2.75, 3.05) is 54.6 Å². The van der Waals surface area contributed by atoms with Gasteiger partial charge in [0, 0.05) is 51.0 Å². The molecule has 1 aliphatic heterocycles. The number of hydrogen-bond donors (Lipinski definition) is 1. The number of likely N-dealkylation sites (tertiary alicyclic amines) is 1. The Morgan fingerprint density at radius 1 is 1.00 bits per heavy atom. The van der Waals surface area contributed by atoms with E-state index in [1.54, 1.807) is 21.3 Å². The molecule has 1 aliphatic carbocycles. The maximum absolute atomic E-state index is 6.21. The summed E-state index contributed by atoms with van der Waals surface area (Å²) in [7, 11) is 6.83. The minimum absolute atomic E-state index is 0.391. The van der Waals surface area contributed by atoms with Crippen LogP contribution in [0.15, 0.2) is 17.1 Å². The number of nitrogens with zero attached hydrogens (tertiary/aromatic N) is 2. The molecule has 0 radical (unpaired) electrons. The molecule has 31 heavy (non-hydrogen) atoms. The van der Waals surface area contributed by atoms with Gasteiger partial charge in [-0.05, 0) is 38.0 Å². The molecule has 2 aliphatic rings. The predicted octanol–water partition coefficient (Wildman–Crippen LogP) is 3.50.